The molecule has 0 aromatic carbocycles. The number of carbonyl (C=O) groups excluding carboxylic acids is 2. The van der Waals surface area contributed by atoms with Gasteiger partial charge < -0.3 is 0 Å². The minimum Gasteiger partial charge on any atom is -0.300 e. The molecule has 0 aliphatic heterocycles. The van der Waals surface area contributed by atoms with E-state index in [4.69, 9.17) is 0 Å². The first-order valence-electron chi connectivity index (χ1n) is 4.05. The Hall–Kier alpha value is -1.51. The van der Waals surface area contributed by atoms with Crippen molar-refractivity contribution < 1.29 is 9.59 Å². The van der Waals surface area contributed by atoms with Gasteiger partial charge >= 0.3 is 0 Å². The molecule has 13 heavy (non-hydrogen) atoms. The molecule has 0 N–H and O–H groups in total. The van der Waals surface area contributed by atoms with Crippen LogP contribution < -0.4 is 0 Å². The van der Waals surface area contributed by atoms with Crippen LogP contribution in [0.25, 0.3) is 0 Å². The molecule has 0 amide bonds. The third kappa shape index (κ3) is 2.78. The molecule has 0 unspecified atom stereocenters. The number of nitrogens with zero attached hydrogens (tertiary/aromatic N) is 1. The molecule has 1 rings (SSSR count). The van der Waals surface area contributed by atoms with Crippen LogP contribution in [0.15, 0.2) is 18.3 Å². The van der Waals surface area contributed by atoms with Crippen LogP contribution in [0.3, 0.4) is 0 Å². The average Bonchev–Trinajstić information content (AvgIpc) is 2.03. The monoisotopic (exact) mass is 177 g/mol. The summed E-state index contributed by atoms with van der Waals surface area (Å²) in [6.07, 6.45) is 1.91. The molecular formula is C10H11NO2. The summed E-state index contributed by atoms with van der Waals surface area (Å²) in [5, 5.41) is 0. The summed E-state index contributed by atoms with van der Waals surface area (Å²) >= 11 is 0. The molecule has 0 bridgehead atoms. The molecule has 0 saturated carbocycles. The molecule has 0 radical (unpaired) electrons. The molecule has 1 heterocycles. The summed E-state index contributed by atoms with van der Waals surface area (Å²) in [5.41, 5.74) is 1.26. The van der Waals surface area contributed by atoms with E-state index >= 15 is 0 Å². The lowest BCUT2D eigenvalue weighted by atomic mass is 10.1. The van der Waals surface area contributed by atoms with E-state index in [-0.39, 0.29) is 11.6 Å². The molecule has 0 fully saturated rings. The second-order valence-corrected chi connectivity index (χ2v) is 2.98. The van der Waals surface area contributed by atoms with Gasteiger partial charge in [0.1, 0.15) is 11.5 Å². The number of carbonyl (C=O) groups is 2. The van der Waals surface area contributed by atoms with Crippen LogP contribution in [0, 0.1) is 0 Å². The first-order chi connectivity index (χ1) is 6.09. The second kappa shape index (κ2) is 3.94. The Labute approximate surface area is 76.8 Å². The Morgan fingerprint density at radius 3 is 2.62 bits per heavy atom. The molecular weight excluding hydrogens is 166 g/mol. The Kier molecular flexibility index (Phi) is 2.90. The zero-order valence-electron chi connectivity index (χ0n) is 7.70. The third-order valence-corrected chi connectivity index (χ3v) is 1.64. The van der Waals surface area contributed by atoms with Crippen molar-refractivity contribution in [1.29, 1.82) is 0 Å². The number of pyridine rings is 1. The fraction of sp³-hybridized carbons (Fsp3) is 0.300. The summed E-state index contributed by atoms with van der Waals surface area (Å²) < 4.78 is 0. The largest absolute Gasteiger partial charge is 0.300 e. The SMILES string of the molecule is CC(=O)Cc1ccnc(C(C)=O)c1. The van der Waals surface area contributed by atoms with E-state index < -0.39 is 0 Å². The fourth-order valence-corrected chi connectivity index (χ4v) is 1.06. The van der Waals surface area contributed by atoms with E-state index in [0.29, 0.717) is 12.1 Å². The highest BCUT2D eigenvalue weighted by atomic mass is 16.1. The zero-order valence-corrected chi connectivity index (χ0v) is 7.70. The summed E-state index contributed by atoms with van der Waals surface area (Å²) in [7, 11) is 0. The van der Waals surface area contributed by atoms with Crippen molar-refractivity contribution in [3.8, 4) is 0 Å². The Bertz CT molecular complexity index is 345. The van der Waals surface area contributed by atoms with E-state index in [1.807, 2.05) is 0 Å². The summed E-state index contributed by atoms with van der Waals surface area (Å²) in [6, 6.07) is 3.40. The first-order valence-corrected chi connectivity index (χ1v) is 4.05. The standard InChI is InChI=1S/C10H11NO2/c1-7(12)5-9-3-4-11-10(6-9)8(2)13/h3-4,6H,5H2,1-2H3. The van der Waals surface area contributed by atoms with Crippen molar-refractivity contribution in [2.45, 2.75) is 20.3 Å². The number of hydrogen-bond donors (Lipinski definition) is 0. The lowest BCUT2D eigenvalue weighted by Gasteiger charge is -1.98. The topological polar surface area (TPSA) is 47.0 Å². The Balaban J connectivity index is 2.91. The molecule has 0 atom stereocenters. The number of rotatable bonds is 3. The van der Waals surface area contributed by atoms with Crippen molar-refractivity contribution >= 4 is 11.6 Å². The highest BCUT2D eigenvalue weighted by molar-refractivity contribution is 5.92. The lowest BCUT2D eigenvalue weighted by molar-refractivity contribution is -0.116. The van der Waals surface area contributed by atoms with Crippen LogP contribution in [0.5, 0.6) is 0 Å². The van der Waals surface area contributed by atoms with Crippen LogP contribution in [0.2, 0.25) is 0 Å². The van der Waals surface area contributed by atoms with Gasteiger partial charge in [-0.1, -0.05) is 0 Å². The number of Topliss-reactive ketones (excluding diaryl/α,β-unsaturated/α-hetero) is 2. The van der Waals surface area contributed by atoms with Crippen molar-refractivity contribution in [2.75, 3.05) is 0 Å². The van der Waals surface area contributed by atoms with Gasteiger partial charge in [-0.3, -0.25) is 14.6 Å². The van der Waals surface area contributed by atoms with E-state index in [0.717, 1.165) is 5.56 Å². The smallest absolute Gasteiger partial charge is 0.178 e. The highest BCUT2D eigenvalue weighted by Gasteiger charge is 2.03. The molecule has 1 aromatic rings. The highest BCUT2D eigenvalue weighted by Crippen LogP contribution is 2.03. The summed E-state index contributed by atoms with van der Waals surface area (Å²) in [6.45, 7) is 2.98. The molecule has 3 nitrogen and oxygen atoms in total. The molecule has 0 spiro atoms. The maximum atomic E-state index is 10.9. The van der Waals surface area contributed by atoms with Gasteiger partial charge in [-0.15, -0.1) is 0 Å². The van der Waals surface area contributed by atoms with E-state index in [9.17, 15) is 9.59 Å². The van der Waals surface area contributed by atoms with Gasteiger partial charge in [0, 0.05) is 19.5 Å². The molecule has 0 aliphatic carbocycles. The number of ketones is 2. The lowest BCUT2D eigenvalue weighted by Crippen LogP contribution is -2.01. The van der Waals surface area contributed by atoms with Gasteiger partial charge in [0.25, 0.3) is 0 Å². The normalized spacial score (nSPS) is 9.69. The Morgan fingerprint density at radius 2 is 2.08 bits per heavy atom. The third-order valence-electron chi connectivity index (χ3n) is 1.64. The zero-order chi connectivity index (χ0) is 9.84. The maximum Gasteiger partial charge on any atom is 0.178 e. The average molecular weight is 177 g/mol. The van der Waals surface area contributed by atoms with Crippen LogP contribution in [-0.4, -0.2) is 16.6 Å². The van der Waals surface area contributed by atoms with Crippen molar-refractivity contribution in [3.63, 3.8) is 0 Å². The molecule has 0 aliphatic rings. The molecule has 0 saturated heterocycles. The predicted octanol–water partition coefficient (Wildman–Crippen LogP) is 1.42. The number of hydrogen-bond acceptors (Lipinski definition) is 3. The van der Waals surface area contributed by atoms with E-state index in [2.05, 4.69) is 4.98 Å². The fourth-order valence-electron chi connectivity index (χ4n) is 1.06. The van der Waals surface area contributed by atoms with Gasteiger partial charge in [0.15, 0.2) is 5.78 Å². The number of aromatic nitrogens is 1. The minimum absolute atomic E-state index is 0.0783. The van der Waals surface area contributed by atoms with Crippen LogP contribution in [0.1, 0.15) is 29.9 Å². The van der Waals surface area contributed by atoms with Crippen LogP contribution in [0.4, 0.5) is 0 Å². The summed E-state index contributed by atoms with van der Waals surface area (Å²) in [5.74, 6) is 0.00565. The van der Waals surface area contributed by atoms with Crippen molar-refractivity contribution in [1.82, 2.24) is 4.98 Å². The van der Waals surface area contributed by atoms with E-state index in [1.165, 1.54) is 13.8 Å². The Morgan fingerprint density at radius 1 is 1.38 bits per heavy atom. The second-order valence-electron chi connectivity index (χ2n) is 2.98. The molecule has 68 valence electrons. The van der Waals surface area contributed by atoms with Crippen molar-refractivity contribution in [2.24, 2.45) is 0 Å². The van der Waals surface area contributed by atoms with Crippen LogP contribution in [-0.2, 0) is 11.2 Å². The van der Waals surface area contributed by atoms with Gasteiger partial charge in [-0.25, -0.2) is 0 Å². The van der Waals surface area contributed by atoms with Gasteiger partial charge in [0.2, 0.25) is 0 Å². The minimum atomic E-state index is -0.0783. The van der Waals surface area contributed by atoms with E-state index in [1.54, 1.807) is 18.3 Å². The predicted molar refractivity (Wildman–Crippen MR) is 48.6 cm³/mol. The van der Waals surface area contributed by atoms with Gasteiger partial charge in [-0.05, 0) is 24.6 Å². The van der Waals surface area contributed by atoms with Gasteiger partial charge in [0.05, 0.1) is 0 Å². The first kappa shape index (κ1) is 9.58. The quantitative estimate of drug-likeness (QED) is 0.656. The maximum absolute atomic E-state index is 10.9. The summed E-state index contributed by atoms with van der Waals surface area (Å²) in [4.78, 5) is 25.6. The van der Waals surface area contributed by atoms with Crippen molar-refractivity contribution in [3.05, 3.63) is 29.6 Å². The van der Waals surface area contributed by atoms with Crippen LogP contribution >= 0.6 is 0 Å². The van der Waals surface area contributed by atoms with Gasteiger partial charge in [-0.2, -0.15) is 0 Å². The molecule has 3 heteroatoms. The molecule has 1 aromatic heterocycles.